The van der Waals surface area contributed by atoms with Crippen LogP contribution in [-0.2, 0) is 16.0 Å². The van der Waals surface area contributed by atoms with Gasteiger partial charge in [-0.2, -0.15) is 0 Å². The van der Waals surface area contributed by atoms with E-state index in [1.54, 1.807) is 0 Å². The highest BCUT2D eigenvalue weighted by atomic mass is 16.5. The van der Waals surface area contributed by atoms with Crippen molar-refractivity contribution in [2.45, 2.75) is 25.2 Å². The molecule has 0 atom stereocenters. The van der Waals surface area contributed by atoms with Crippen molar-refractivity contribution >= 4 is 5.97 Å². The molecule has 2 heterocycles. The number of ether oxygens (including phenoxy) is 2. The molecule has 0 spiro atoms. The number of esters is 1. The van der Waals surface area contributed by atoms with Crippen LogP contribution in [0.1, 0.15) is 35.4 Å². The van der Waals surface area contributed by atoms with Gasteiger partial charge < -0.3 is 19.3 Å². The second-order valence-electron chi connectivity index (χ2n) is 9.40. The zero-order valence-electron chi connectivity index (χ0n) is 20.3. The lowest BCUT2D eigenvalue weighted by atomic mass is 9.88. The van der Waals surface area contributed by atoms with Gasteiger partial charge >= 0.3 is 5.97 Å². The third-order valence-electron chi connectivity index (χ3n) is 7.03. The molecule has 1 fully saturated rings. The van der Waals surface area contributed by atoms with Crippen LogP contribution >= 0.6 is 0 Å². The van der Waals surface area contributed by atoms with E-state index in [1.165, 1.54) is 12.0 Å². The first-order valence-electron chi connectivity index (χ1n) is 12.8. The van der Waals surface area contributed by atoms with Gasteiger partial charge in [-0.1, -0.05) is 66.7 Å². The summed E-state index contributed by atoms with van der Waals surface area (Å²) in [6, 6.07) is 26.2. The topological polar surface area (TPSA) is 42.0 Å². The molecule has 0 amide bonds. The molecular formula is C30H34N2O3. The lowest BCUT2D eigenvalue weighted by molar-refractivity contribution is -0.144. The van der Waals surface area contributed by atoms with Crippen molar-refractivity contribution < 1.29 is 14.3 Å². The number of carbonyl (C=O) groups is 1. The molecule has 0 N–H and O–H groups in total. The highest BCUT2D eigenvalue weighted by Crippen LogP contribution is 2.44. The molecule has 0 radical (unpaired) electrons. The number of piperazine rings is 1. The number of para-hydroxylation sites is 2. The second-order valence-corrected chi connectivity index (χ2v) is 9.40. The summed E-state index contributed by atoms with van der Waals surface area (Å²) in [5.74, 6) is 0.830. The van der Waals surface area contributed by atoms with Crippen molar-refractivity contribution in [3.63, 3.8) is 0 Å². The van der Waals surface area contributed by atoms with E-state index in [0.29, 0.717) is 6.61 Å². The highest BCUT2D eigenvalue weighted by Gasteiger charge is 2.33. The lowest BCUT2D eigenvalue weighted by Crippen LogP contribution is -2.47. The number of hydrogen-bond acceptors (Lipinski definition) is 5. The van der Waals surface area contributed by atoms with E-state index in [9.17, 15) is 4.79 Å². The molecule has 0 aliphatic carbocycles. The Labute approximate surface area is 208 Å². The minimum atomic E-state index is -0.435. The summed E-state index contributed by atoms with van der Waals surface area (Å²) in [6.45, 7) is 6.97. The molecule has 5 rings (SSSR count). The predicted molar refractivity (Wildman–Crippen MR) is 138 cm³/mol. The molecule has 35 heavy (non-hydrogen) atoms. The summed E-state index contributed by atoms with van der Waals surface area (Å²) < 4.78 is 11.8. The number of carbonyl (C=O) groups excluding carboxylic acids is 1. The van der Waals surface area contributed by atoms with Crippen LogP contribution in [0.4, 0.5) is 0 Å². The average Bonchev–Trinajstić information content (AvgIpc) is 2.91. The van der Waals surface area contributed by atoms with Crippen LogP contribution < -0.4 is 4.74 Å². The summed E-state index contributed by atoms with van der Waals surface area (Å²) in [5, 5.41) is 0. The van der Waals surface area contributed by atoms with Crippen molar-refractivity contribution in [1.29, 1.82) is 0 Å². The number of fused-ring (bicyclic) bond motifs is 2. The fraction of sp³-hybridized carbons (Fsp3) is 0.367. The smallest absolute Gasteiger partial charge is 0.318 e. The molecule has 5 nitrogen and oxygen atoms in total. The Morgan fingerprint density at radius 1 is 0.743 bits per heavy atom. The molecule has 2 aliphatic heterocycles. The normalized spacial score (nSPS) is 16.2. The standard InChI is InChI=1S/C30H34N2O3/c33-30(29-25-13-4-6-15-27(25)35-28-16-7-5-14-26(28)29)34-23-9-18-32-21-19-31(20-22-32)17-8-12-24-10-2-1-3-11-24/h1-7,10-11,13-16,29H,8-9,12,17-23H2. The molecule has 3 aromatic rings. The van der Waals surface area contributed by atoms with Gasteiger partial charge in [0.15, 0.2) is 0 Å². The minimum absolute atomic E-state index is 0.198. The van der Waals surface area contributed by atoms with Gasteiger partial charge in [0.1, 0.15) is 17.4 Å². The fourth-order valence-electron chi connectivity index (χ4n) is 5.10. The Bertz CT molecular complexity index is 1060. The summed E-state index contributed by atoms with van der Waals surface area (Å²) in [5.41, 5.74) is 3.17. The molecule has 2 aliphatic rings. The van der Waals surface area contributed by atoms with Crippen molar-refractivity contribution in [2.75, 3.05) is 45.9 Å². The van der Waals surface area contributed by atoms with Crippen molar-refractivity contribution in [3.8, 4) is 11.5 Å². The zero-order chi connectivity index (χ0) is 23.9. The molecule has 0 saturated carbocycles. The first kappa shape index (κ1) is 23.6. The summed E-state index contributed by atoms with van der Waals surface area (Å²) in [7, 11) is 0. The van der Waals surface area contributed by atoms with Gasteiger partial charge in [0, 0.05) is 43.9 Å². The van der Waals surface area contributed by atoms with Crippen molar-refractivity contribution in [2.24, 2.45) is 0 Å². The lowest BCUT2D eigenvalue weighted by Gasteiger charge is -2.34. The van der Waals surface area contributed by atoms with Crippen LogP contribution in [0, 0.1) is 0 Å². The van der Waals surface area contributed by atoms with Gasteiger partial charge in [-0.05, 0) is 43.5 Å². The number of hydrogen-bond donors (Lipinski definition) is 0. The van der Waals surface area contributed by atoms with E-state index in [1.807, 2.05) is 48.5 Å². The third kappa shape index (κ3) is 5.92. The Balaban J connectivity index is 1.04. The average molecular weight is 471 g/mol. The zero-order valence-corrected chi connectivity index (χ0v) is 20.3. The van der Waals surface area contributed by atoms with E-state index < -0.39 is 5.92 Å². The summed E-state index contributed by atoms with van der Waals surface area (Å²) in [4.78, 5) is 18.2. The Hall–Kier alpha value is -3.15. The van der Waals surface area contributed by atoms with Crippen LogP contribution in [0.3, 0.4) is 0 Å². The van der Waals surface area contributed by atoms with Gasteiger partial charge in [-0.15, -0.1) is 0 Å². The minimum Gasteiger partial charge on any atom is -0.465 e. The van der Waals surface area contributed by atoms with E-state index in [4.69, 9.17) is 9.47 Å². The third-order valence-corrected chi connectivity index (χ3v) is 7.03. The van der Waals surface area contributed by atoms with Crippen LogP contribution in [0.15, 0.2) is 78.9 Å². The first-order valence-corrected chi connectivity index (χ1v) is 12.8. The maximum atomic E-state index is 13.1. The molecular weight excluding hydrogens is 436 g/mol. The molecule has 0 bridgehead atoms. The maximum absolute atomic E-state index is 13.1. The fourth-order valence-corrected chi connectivity index (χ4v) is 5.10. The van der Waals surface area contributed by atoms with Crippen molar-refractivity contribution in [1.82, 2.24) is 9.80 Å². The van der Waals surface area contributed by atoms with Crippen LogP contribution in [0.2, 0.25) is 0 Å². The van der Waals surface area contributed by atoms with Crippen LogP contribution in [-0.4, -0.2) is 61.6 Å². The van der Waals surface area contributed by atoms with E-state index in [2.05, 4.69) is 40.1 Å². The van der Waals surface area contributed by atoms with E-state index in [0.717, 1.165) is 74.7 Å². The molecule has 1 saturated heterocycles. The SMILES string of the molecule is O=C(OCCCN1CCN(CCCc2ccccc2)CC1)C1c2ccccc2Oc2ccccc21. The molecule has 5 heteroatoms. The second kappa shape index (κ2) is 11.5. The molecule has 3 aromatic carbocycles. The Morgan fingerprint density at radius 3 is 1.91 bits per heavy atom. The number of rotatable bonds is 9. The van der Waals surface area contributed by atoms with E-state index in [-0.39, 0.29) is 5.97 Å². The predicted octanol–water partition coefficient (Wildman–Crippen LogP) is 5.11. The molecule has 182 valence electrons. The summed E-state index contributed by atoms with van der Waals surface area (Å²) in [6.07, 6.45) is 3.21. The largest absolute Gasteiger partial charge is 0.465 e. The summed E-state index contributed by atoms with van der Waals surface area (Å²) >= 11 is 0. The van der Waals surface area contributed by atoms with Crippen LogP contribution in [0.5, 0.6) is 11.5 Å². The van der Waals surface area contributed by atoms with Gasteiger partial charge in [0.25, 0.3) is 0 Å². The monoisotopic (exact) mass is 470 g/mol. The maximum Gasteiger partial charge on any atom is 0.318 e. The molecule has 0 aromatic heterocycles. The Kier molecular flexibility index (Phi) is 7.76. The number of benzene rings is 3. The quantitative estimate of drug-likeness (QED) is 0.321. The molecule has 0 unspecified atom stereocenters. The number of aryl methyl sites for hydroxylation is 1. The van der Waals surface area contributed by atoms with Gasteiger partial charge in [-0.3, -0.25) is 4.79 Å². The number of nitrogens with zero attached hydrogens (tertiary/aromatic N) is 2. The van der Waals surface area contributed by atoms with Gasteiger partial charge in [-0.25, -0.2) is 0 Å². The van der Waals surface area contributed by atoms with Crippen molar-refractivity contribution in [3.05, 3.63) is 95.6 Å². The highest BCUT2D eigenvalue weighted by molar-refractivity contribution is 5.85. The van der Waals surface area contributed by atoms with Gasteiger partial charge in [0.2, 0.25) is 0 Å². The van der Waals surface area contributed by atoms with Gasteiger partial charge in [0.05, 0.1) is 6.61 Å². The van der Waals surface area contributed by atoms with E-state index >= 15 is 0 Å². The van der Waals surface area contributed by atoms with Crippen LogP contribution in [0.25, 0.3) is 0 Å². The first-order chi connectivity index (χ1) is 17.3. The Morgan fingerprint density at radius 2 is 1.29 bits per heavy atom.